The van der Waals surface area contributed by atoms with Gasteiger partial charge >= 0.3 is 6.18 Å². The van der Waals surface area contributed by atoms with Crippen LogP contribution in [0.15, 0.2) is 78.3 Å². The number of fused-ring (bicyclic) bond motifs is 1. The summed E-state index contributed by atoms with van der Waals surface area (Å²) in [6, 6.07) is 7.93. The average molecular weight is 551 g/mol. The minimum absolute atomic E-state index is 0.0808. The van der Waals surface area contributed by atoms with Crippen LogP contribution < -0.4 is 4.90 Å². The highest BCUT2D eigenvalue weighted by Crippen LogP contribution is 2.46. The number of aryl methyl sites for hydroxylation is 1. The predicted octanol–water partition coefficient (Wildman–Crippen LogP) is 6.69. The number of piperidine rings is 1. The number of benzene rings is 1. The van der Waals surface area contributed by atoms with Gasteiger partial charge in [0.05, 0.1) is 11.3 Å². The number of alkyl halides is 3. The number of rotatable bonds is 6. The Hall–Kier alpha value is -3.33. The van der Waals surface area contributed by atoms with Gasteiger partial charge in [0.25, 0.3) is 0 Å². The van der Waals surface area contributed by atoms with Crippen molar-refractivity contribution in [3.05, 3.63) is 89.7 Å². The second-order valence-corrected chi connectivity index (χ2v) is 11.8. The van der Waals surface area contributed by atoms with Crippen molar-refractivity contribution < 1.29 is 13.2 Å². The molecule has 4 aliphatic rings. The SMILES string of the molecule is C=C1N2C=C(C(C)N3CCC[C@H](C)C3)C=C(C(F)(F)F)C2=CN1c1cccc(C(c2nncn2C)C2CCC2)c1. The van der Waals surface area contributed by atoms with Crippen LogP contribution in [-0.4, -0.2) is 49.9 Å². The first-order valence-electron chi connectivity index (χ1n) is 14.3. The van der Waals surface area contributed by atoms with E-state index in [1.807, 2.05) is 36.9 Å². The Morgan fingerprint density at radius 3 is 2.52 bits per heavy atom. The molecule has 4 heterocycles. The zero-order chi connectivity index (χ0) is 28.2. The third kappa shape index (κ3) is 4.78. The summed E-state index contributed by atoms with van der Waals surface area (Å²) in [5, 5.41) is 8.53. The van der Waals surface area contributed by atoms with Crippen LogP contribution in [0.3, 0.4) is 0 Å². The van der Waals surface area contributed by atoms with Gasteiger partial charge in [-0.05, 0) is 80.3 Å². The molecule has 0 bridgehead atoms. The molecule has 1 aliphatic carbocycles. The van der Waals surface area contributed by atoms with Crippen LogP contribution in [0.2, 0.25) is 0 Å². The van der Waals surface area contributed by atoms with Crippen LogP contribution in [0, 0.1) is 11.8 Å². The van der Waals surface area contributed by atoms with Gasteiger partial charge in [0, 0.05) is 43.6 Å². The van der Waals surface area contributed by atoms with Crippen LogP contribution in [0.1, 0.15) is 63.3 Å². The average Bonchev–Trinajstić information content (AvgIpc) is 3.47. The number of aromatic nitrogens is 3. The molecule has 40 heavy (non-hydrogen) atoms. The fourth-order valence-electron chi connectivity index (χ4n) is 6.60. The molecule has 9 heteroatoms. The minimum Gasteiger partial charge on any atom is -0.320 e. The smallest absolute Gasteiger partial charge is 0.320 e. The Morgan fingerprint density at radius 1 is 1.07 bits per heavy atom. The van der Waals surface area contributed by atoms with E-state index in [0.717, 1.165) is 55.8 Å². The first-order chi connectivity index (χ1) is 19.1. The summed E-state index contributed by atoms with van der Waals surface area (Å²) >= 11 is 0. The number of nitrogens with zero attached hydrogens (tertiary/aromatic N) is 6. The van der Waals surface area contributed by atoms with Gasteiger partial charge < -0.3 is 14.4 Å². The number of allylic oxidation sites excluding steroid dienone is 1. The molecule has 0 spiro atoms. The van der Waals surface area contributed by atoms with Crippen molar-refractivity contribution in [1.82, 2.24) is 24.6 Å². The van der Waals surface area contributed by atoms with Gasteiger partial charge in [-0.3, -0.25) is 4.90 Å². The van der Waals surface area contributed by atoms with Crippen LogP contribution in [0.25, 0.3) is 0 Å². The fourth-order valence-corrected chi connectivity index (χ4v) is 6.60. The summed E-state index contributed by atoms with van der Waals surface area (Å²) in [5.74, 6) is 2.48. The molecule has 1 aromatic heterocycles. The minimum atomic E-state index is -4.49. The predicted molar refractivity (Wildman–Crippen MR) is 150 cm³/mol. The Bertz CT molecular complexity index is 1380. The lowest BCUT2D eigenvalue weighted by Crippen LogP contribution is -2.42. The van der Waals surface area contributed by atoms with E-state index in [-0.39, 0.29) is 17.7 Å². The topological polar surface area (TPSA) is 40.4 Å². The van der Waals surface area contributed by atoms with Crippen molar-refractivity contribution in [3.8, 4) is 0 Å². The lowest BCUT2D eigenvalue weighted by molar-refractivity contribution is -0.0910. The number of hydrogen-bond acceptors (Lipinski definition) is 5. The van der Waals surface area contributed by atoms with Crippen LogP contribution in [0.5, 0.6) is 0 Å². The van der Waals surface area contributed by atoms with Gasteiger partial charge in [-0.15, -0.1) is 10.2 Å². The Labute approximate surface area is 234 Å². The van der Waals surface area contributed by atoms with E-state index < -0.39 is 11.7 Å². The lowest BCUT2D eigenvalue weighted by Gasteiger charge is -2.38. The van der Waals surface area contributed by atoms with E-state index in [0.29, 0.717) is 23.2 Å². The molecule has 0 N–H and O–H groups in total. The maximum absolute atomic E-state index is 14.4. The maximum atomic E-state index is 14.4. The molecule has 0 amide bonds. The Kier molecular flexibility index (Phi) is 6.89. The molecule has 212 valence electrons. The molecule has 0 radical (unpaired) electrons. The van der Waals surface area contributed by atoms with E-state index in [9.17, 15) is 13.2 Å². The highest BCUT2D eigenvalue weighted by molar-refractivity contribution is 5.64. The first-order valence-corrected chi connectivity index (χ1v) is 14.3. The van der Waals surface area contributed by atoms with E-state index in [4.69, 9.17) is 0 Å². The van der Waals surface area contributed by atoms with Crippen molar-refractivity contribution in [3.63, 3.8) is 0 Å². The summed E-state index contributed by atoms with van der Waals surface area (Å²) in [6.45, 7) is 10.3. The van der Waals surface area contributed by atoms with Crippen molar-refractivity contribution in [2.45, 2.75) is 64.1 Å². The standard InChI is InChI=1S/C31H37F3N6/c1-20-8-7-13-38(16-20)21(2)25-15-27(31(32,33)34)28-18-39(22(3)40(28)17-25)26-12-6-11-24(14-26)29(23-9-5-10-23)30-36-35-19-37(30)4/h6,11-12,14-15,17-21,23,29H,3,5,7-10,13,16H2,1-2,4H3/t20-,21?,29?/m0/s1. The summed E-state index contributed by atoms with van der Waals surface area (Å²) in [4.78, 5) is 5.69. The van der Waals surface area contributed by atoms with Crippen LogP contribution in [0.4, 0.5) is 18.9 Å². The van der Waals surface area contributed by atoms with Gasteiger partial charge in [0.1, 0.15) is 18.0 Å². The van der Waals surface area contributed by atoms with Gasteiger partial charge in [-0.2, -0.15) is 13.2 Å². The Balaban J connectivity index is 1.34. The molecule has 1 saturated carbocycles. The second-order valence-electron chi connectivity index (χ2n) is 11.8. The van der Waals surface area contributed by atoms with Crippen molar-refractivity contribution >= 4 is 5.69 Å². The molecule has 1 saturated heterocycles. The highest BCUT2D eigenvalue weighted by atomic mass is 19.4. The van der Waals surface area contributed by atoms with E-state index >= 15 is 0 Å². The number of halogens is 3. The third-order valence-electron chi connectivity index (χ3n) is 9.11. The van der Waals surface area contributed by atoms with Crippen molar-refractivity contribution in [2.75, 3.05) is 18.0 Å². The summed E-state index contributed by atoms with van der Waals surface area (Å²) in [6.07, 6.45) is 7.64. The maximum Gasteiger partial charge on any atom is 0.418 e. The number of anilines is 1. The molecule has 6 nitrogen and oxygen atoms in total. The Morgan fingerprint density at radius 2 is 1.88 bits per heavy atom. The highest BCUT2D eigenvalue weighted by Gasteiger charge is 2.44. The zero-order valence-corrected chi connectivity index (χ0v) is 23.4. The first kappa shape index (κ1) is 26.9. The monoisotopic (exact) mass is 550 g/mol. The second kappa shape index (κ2) is 10.3. The van der Waals surface area contributed by atoms with Gasteiger partial charge in [-0.25, -0.2) is 0 Å². The lowest BCUT2D eigenvalue weighted by atomic mass is 9.72. The molecular weight excluding hydrogens is 513 g/mol. The molecule has 6 rings (SSSR count). The molecule has 1 aromatic carbocycles. The molecular formula is C31H37F3N6. The fraction of sp³-hybridized carbons (Fsp3) is 0.484. The summed E-state index contributed by atoms with van der Waals surface area (Å²) in [5.41, 5.74) is 2.00. The van der Waals surface area contributed by atoms with E-state index in [2.05, 4.69) is 40.7 Å². The van der Waals surface area contributed by atoms with E-state index in [1.54, 1.807) is 22.3 Å². The van der Waals surface area contributed by atoms with Crippen LogP contribution >= 0.6 is 0 Å². The molecule has 2 fully saturated rings. The molecule has 3 atom stereocenters. The summed E-state index contributed by atoms with van der Waals surface area (Å²) in [7, 11) is 1.95. The molecule has 2 aromatic rings. The molecule has 2 unspecified atom stereocenters. The third-order valence-corrected chi connectivity index (χ3v) is 9.11. The van der Waals surface area contributed by atoms with Crippen LogP contribution in [-0.2, 0) is 7.05 Å². The summed E-state index contributed by atoms with van der Waals surface area (Å²) < 4.78 is 45.3. The van der Waals surface area contributed by atoms with E-state index in [1.165, 1.54) is 12.5 Å². The number of likely N-dealkylation sites (tertiary alicyclic amines) is 1. The number of hydrogen-bond donors (Lipinski definition) is 0. The van der Waals surface area contributed by atoms with Crippen molar-refractivity contribution in [1.29, 1.82) is 0 Å². The zero-order valence-electron chi connectivity index (χ0n) is 23.4. The van der Waals surface area contributed by atoms with Crippen molar-refractivity contribution in [2.24, 2.45) is 18.9 Å². The van der Waals surface area contributed by atoms with Gasteiger partial charge in [-0.1, -0.05) is 32.1 Å². The van der Waals surface area contributed by atoms with Gasteiger partial charge in [0.15, 0.2) is 0 Å². The normalized spacial score (nSPS) is 23.8. The molecule has 3 aliphatic heterocycles. The quantitative estimate of drug-likeness (QED) is 0.401. The largest absolute Gasteiger partial charge is 0.418 e. The van der Waals surface area contributed by atoms with Gasteiger partial charge in [0.2, 0.25) is 0 Å².